The Bertz CT molecular complexity index is 1090. The quantitative estimate of drug-likeness (QED) is 0.447. The number of β-amino-alcohol motifs (C(OH)–C–C–N with tert-alkyl or cyclic N) is 1. The highest BCUT2D eigenvalue weighted by Crippen LogP contribution is 2.25. The summed E-state index contributed by atoms with van der Waals surface area (Å²) >= 11 is 0. The molecule has 3 rings (SSSR count). The number of carbonyl (C=O) groups excluding carboxylic acids is 3. The highest BCUT2D eigenvalue weighted by molar-refractivity contribution is 5.76. The van der Waals surface area contributed by atoms with Crippen molar-refractivity contribution in [2.75, 3.05) is 13.1 Å². The molecule has 39 heavy (non-hydrogen) atoms. The average Bonchev–Trinajstić information content (AvgIpc) is 3.19. The summed E-state index contributed by atoms with van der Waals surface area (Å²) in [5.41, 5.74) is 1.58. The molecule has 0 spiro atoms. The summed E-state index contributed by atoms with van der Waals surface area (Å²) in [6, 6.07) is 14.5. The zero-order valence-corrected chi connectivity index (χ0v) is 24.1. The first-order chi connectivity index (χ1) is 18.1. The predicted octanol–water partition coefficient (Wildman–Crippen LogP) is 5.60. The number of ketones is 2. The first kappa shape index (κ1) is 31.8. The third kappa shape index (κ3) is 11.1. The Morgan fingerprint density at radius 1 is 0.872 bits per heavy atom. The number of hydrogen-bond acceptors (Lipinski definition) is 7. The number of carbonyl (C=O) groups is 3. The smallest absolute Gasteiger partial charge is 0.410 e. The second-order valence-electron chi connectivity index (χ2n) is 11.4. The van der Waals surface area contributed by atoms with Gasteiger partial charge in [0.1, 0.15) is 40.9 Å². The number of rotatable bonds is 8. The lowest BCUT2D eigenvalue weighted by Gasteiger charge is -2.24. The molecule has 4 atom stereocenters. The van der Waals surface area contributed by atoms with Crippen molar-refractivity contribution >= 4 is 17.7 Å². The maximum absolute atomic E-state index is 12.1. The molecule has 0 saturated carbocycles. The molecule has 1 aliphatic heterocycles. The number of amides is 1. The molecule has 2 aromatic rings. The second-order valence-corrected chi connectivity index (χ2v) is 11.4. The minimum Gasteiger partial charge on any atom is -0.508 e. The van der Waals surface area contributed by atoms with Crippen molar-refractivity contribution in [3.8, 4) is 11.5 Å². The number of aliphatic hydroxyl groups is 1. The number of ether oxygens (including phenoxy) is 2. The van der Waals surface area contributed by atoms with Crippen LogP contribution in [0.2, 0.25) is 0 Å². The zero-order valence-electron chi connectivity index (χ0n) is 24.1. The van der Waals surface area contributed by atoms with Crippen LogP contribution in [0, 0.1) is 0 Å². The van der Waals surface area contributed by atoms with Crippen LogP contribution >= 0.6 is 0 Å². The van der Waals surface area contributed by atoms with Gasteiger partial charge in [0.25, 0.3) is 0 Å². The molecule has 214 valence electrons. The Morgan fingerprint density at radius 2 is 1.33 bits per heavy atom. The fourth-order valence-electron chi connectivity index (χ4n) is 4.30. The molecule has 1 amide bonds. The Balaban J connectivity index is 0.000000344. The summed E-state index contributed by atoms with van der Waals surface area (Å²) in [6.07, 6.45) is -0.644. The largest absolute Gasteiger partial charge is 0.508 e. The number of nitrogens with zero attached hydrogens (tertiary/aromatic N) is 1. The van der Waals surface area contributed by atoms with Crippen molar-refractivity contribution in [2.45, 2.75) is 91.0 Å². The summed E-state index contributed by atoms with van der Waals surface area (Å²) in [6.45, 7) is 13.1. The van der Waals surface area contributed by atoms with Gasteiger partial charge < -0.3 is 34.2 Å². The van der Waals surface area contributed by atoms with Crippen LogP contribution in [0.15, 0.2) is 48.5 Å². The topological polar surface area (TPSA) is 113 Å². The standard InChI is InChI=1S/C20H29NO5.C11H14O2/c1-13(10-14(2)22)15-6-8-16(9-7-15)25-18-12-21(11-17(18)23)19(24)26-20(3,4)5;1-8(7-9(2)12)10-3-5-11(13)6-4-10/h6-9,13,17-18,23H,10-12H2,1-5H3;3-6,8,13H,7H2,1-2H3/t13-,17+,18+;8-/m11/s1. The van der Waals surface area contributed by atoms with E-state index in [0.717, 1.165) is 11.1 Å². The van der Waals surface area contributed by atoms with Gasteiger partial charge >= 0.3 is 6.09 Å². The van der Waals surface area contributed by atoms with E-state index < -0.39 is 23.9 Å². The average molecular weight is 542 g/mol. The van der Waals surface area contributed by atoms with E-state index in [1.807, 2.05) is 50.2 Å². The minimum absolute atomic E-state index is 0.154. The van der Waals surface area contributed by atoms with E-state index in [-0.39, 0.29) is 42.2 Å². The van der Waals surface area contributed by atoms with Crippen LogP contribution in [-0.4, -0.2) is 63.7 Å². The van der Waals surface area contributed by atoms with E-state index in [1.165, 1.54) is 4.90 Å². The molecule has 1 heterocycles. The van der Waals surface area contributed by atoms with E-state index in [1.54, 1.807) is 46.8 Å². The molecular formula is C31H43NO7. The summed E-state index contributed by atoms with van der Waals surface area (Å²) < 4.78 is 11.2. The summed E-state index contributed by atoms with van der Waals surface area (Å²) in [5, 5.41) is 19.3. The first-order valence-corrected chi connectivity index (χ1v) is 13.3. The van der Waals surface area contributed by atoms with Crippen LogP contribution in [-0.2, 0) is 14.3 Å². The molecule has 0 aliphatic carbocycles. The fraction of sp³-hybridized carbons (Fsp3) is 0.516. The van der Waals surface area contributed by atoms with Crippen molar-refractivity contribution in [1.29, 1.82) is 0 Å². The lowest BCUT2D eigenvalue weighted by molar-refractivity contribution is -0.118. The maximum Gasteiger partial charge on any atom is 0.410 e. The Labute approximate surface area is 231 Å². The monoisotopic (exact) mass is 541 g/mol. The lowest BCUT2D eigenvalue weighted by atomic mass is 9.96. The normalized spacial score (nSPS) is 18.4. The number of Topliss-reactive ketones (excluding diaryl/α,β-unsaturated/α-hetero) is 2. The van der Waals surface area contributed by atoms with Crippen LogP contribution in [0.25, 0.3) is 0 Å². The number of likely N-dealkylation sites (tertiary alicyclic amines) is 1. The minimum atomic E-state index is -0.765. The SMILES string of the molecule is CC(=O)C[C@@H](C)c1ccc(O)cc1.CC(=O)C[C@@H](C)c1ccc(O[C@H]2CN(C(=O)OC(C)(C)C)C[C@@H]2O)cc1. The molecule has 1 aliphatic rings. The molecule has 8 heteroatoms. The highest BCUT2D eigenvalue weighted by Gasteiger charge is 2.37. The molecule has 1 fully saturated rings. The first-order valence-electron chi connectivity index (χ1n) is 13.3. The predicted molar refractivity (Wildman–Crippen MR) is 150 cm³/mol. The lowest BCUT2D eigenvalue weighted by Crippen LogP contribution is -2.36. The van der Waals surface area contributed by atoms with E-state index >= 15 is 0 Å². The Kier molecular flexibility index (Phi) is 11.5. The van der Waals surface area contributed by atoms with Crippen molar-refractivity contribution in [2.24, 2.45) is 0 Å². The number of aliphatic hydroxyl groups excluding tert-OH is 1. The third-order valence-electron chi connectivity index (χ3n) is 6.27. The third-order valence-corrected chi connectivity index (χ3v) is 6.27. The maximum atomic E-state index is 12.1. The van der Waals surface area contributed by atoms with Gasteiger partial charge in [0.05, 0.1) is 13.1 Å². The van der Waals surface area contributed by atoms with Crippen LogP contribution in [0.4, 0.5) is 4.79 Å². The molecule has 2 aromatic carbocycles. The van der Waals surface area contributed by atoms with Gasteiger partial charge in [-0.2, -0.15) is 0 Å². The van der Waals surface area contributed by atoms with Crippen LogP contribution in [0.5, 0.6) is 11.5 Å². The molecule has 0 radical (unpaired) electrons. The van der Waals surface area contributed by atoms with E-state index in [2.05, 4.69) is 0 Å². The van der Waals surface area contributed by atoms with Gasteiger partial charge in [-0.15, -0.1) is 0 Å². The van der Waals surface area contributed by atoms with Crippen LogP contribution < -0.4 is 4.74 Å². The number of benzene rings is 2. The van der Waals surface area contributed by atoms with E-state index in [9.17, 15) is 19.5 Å². The molecular weight excluding hydrogens is 498 g/mol. The molecule has 0 aromatic heterocycles. The summed E-state index contributed by atoms with van der Waals surface area (Å²) in [4.78, 5) is 35.7. The molecule has 1 saturated heterocycles. The molecule has 8 nitrogen and oxygen atoms in total. The van der Waals surface area contributed by atoms with Gasteiger partial charge in [0.2, 0.25) is 0 Å². The number of phenolic OH excluding ortho intramolecular Hbond substituents is 1. The van der Waals surface area contributed by atoms with Gasteiger partial charge in [0.15, 0.2) is 0 Å². The second kappa shape index (κ2) is 14.1. The van der Waals surface area contributed by atoms with Gasteiger partial charge in [-0.3, -0.25) is 0 Å². The van der Waals surface area contributed by atoms with Gasteiger partial charge in [-0.05, 0) is 81.8 Å². The fourth-order valence-corrected chi connectivity index (χ4v) is 4.30. The Hall–Kier alpha value is -3.39. The number of hydrogen-bond donors (Lipinski definition) is 2. The summed E-state index contributed by atoms with van der Waals surface area (Å²) in [7, 11) is 0. The van der Waals surface area contributed by atoms with Crippen LogP contribution in [0.3, 0.4) is 0 Å². The van der Waals surface area contributed by atoms with Crippen molar-refractivity contribution in [3.05, 3.63) is 59.7 Å². The number of aromatic hydroxyl groups is 1. The number of phenols is 1. The van der Waals surface area contributed by atoms with Crippen LogP contribution in [0.1, 0.15) is 84.3 Å². The van der Waals surface area contributed by atoms with Crippen molar-refractivity contribution < 1.29 is 34.1 Å². The Morgan fingerprint density at radius 3 is 1.77 bits per heavy atom. The highest BCUT2D eigenvalue weighted by atomic mass is 16.6. The van der Waals surface area contributed by atoms with Crippen molar-refractivity contribution in [1.82, 2.24) is 4.90 Å². The molecule has 0 unspecified atom stereocenters. The van der Waals surface area contributed by atoms with E-state index in [4.69, 9.17) is 14.6 Å². The zero-order chi connectivity index (χ0) is 29.3. The molecule has 0 bridgehead atoms. The van der Waals surface area contributed by atoms with Gasteiger partial charge in [-0.25, -0.2) is 4.79 Å². The summed E-state index contributed by atoms with van der Waals surface area (Å²) in [5.74, 6) is 1.63. The van der Waals surface area contributed by atoms with Gasteiger partial charge in [0, 0.05) is 12.8 Å². The van der Waals surface area contributed by atoms with Crippen molar-refractivity contribution in [3.63, 3.8) is 0 Å². The molecule has 2 N–H and O–H groups in total. The van der Waals surface area contributed by atoms with Gasteiger partial charge in [-0.1, -0.05) is 38.1 Å². The van der Waals surface area contributed by atoms with E-state index in [0.29, 0.717) is 18.6 Å².